The van der Waals surface area contributed by atoms with Crippen LogP contribution in [0.1, 0.15) is 53.9 Å². The van der Waals surface area contributed by atoms with Crippen LogP contribution < -0.4 is 10.5 Å². The molecule has 2 aliphatic heterocycles. The fourth-order valence-corrected chi connectivity index (χ4v) is 6.17. The van der Waals surface area contributed by atoms with Crippen LogP contribution in [-0.2, 0) is 4.74 Å². The number of nitrogen functional groups attached to an aromatic ring is 1. The van der Waals surface area contributed by atoms with Gasteiger partial charge in [-0.2, -0.15) is 0 Å². The van der Waals surface area contributed by atoms with E-state index in [4.69, 9.17) is 20.6 Å². The maximum absolute atomic E-state index is 8.81. The summed E-state index contributed by atoms with van der Waals surface area (Å²) in [5.74, 6) is 2.64. The molecule has 2 aromatic rings. The molecule has 0 amide bonds. The molecule has 2 saturated heterocycles. The molecule has 0 bridgehead atoms. The Kier molecular flexibility index (Phi) is 5.91. The lowest BCUT2D eigenvalue weighted by atomic mass is 9.88. The van der Waals surface area contributed by atoms with E-state index in [0.29, 0.717) is 23.2 Å². The summed E-state index contributed by atoms with van der Waals surface area (Å²) in [5, 5.41) is 8.81. The van der Waals surface area contributed by atoms with E-state index < -0.39 is 0 Å². The summed E-state index contributed by atoms with van der Waals surface area (Å²) < 4.78 is 10.8. The molecular weight excluding hydrogens is 400 g/mol. The molecule has 3 aliphatic rings. The van der Waals surface area contributed by atoms with Gasteiger partial charge in [-0.25, -0.2) is 4.98 Å². The van der Waals surface area contributed by atoms with Crippen molar-refractivity contribution in [2.24, 2.45) is 11.8 Å². The first-order valence-electron chi connectivity index (χ1n) is 11.8. The van der Waals surface area contributed by atoms with Gasteiger partial charge in [0.2, 0.25) is 5.88 Å². The molecule has 1 aromatic carbocycles. The minimum absolute atomic E-state index is 0.424. The highest BCUT2D eigenvalue weighted by atomic mass is 16.5. The van der Waals surface area contributed by atoms with E-state index in [1.807, 2.05) is 6.07 Å². The standard InChI is InChI=1S/C26H34N4O2/c1-16-9-24(27)23(26(28)17-3-6-29-25(12-17)31-2)13-22(16)18-10-19-14-30(15-20(19)11-18)21-4-7-32-8-5-21/h3,6,9,12-13,18-21,28H,4-5,7-8,10-11,14-15,27H2,1-2H3/t18?,19-,20+. The first-order chi connectivity index (χ1) is 15.5. The van der Waals surface area contributed by atoms with Crippen LogP contribution in [0.15, 0.2) is 30.5 Å². The minimum Gasteiger partial charge on any atom is -0.481 e. The van der Waals surface area contributed by atoms with Gasteiger partial charge in [0.15, 0.2) is 0 Å². The van der Waals surface area contributed by atoms with E-state index in [9.17, 15) is 0 Å². The van der Waals surface area contributed by atoms with Crippen molar-refractivity contribution in [3.63, 3.8) is 0 Å². The molecule has 32 heavy (non-hydrogen) atoms. The number of hydrogen-bond donors (Lipinski definition) is 2. The van der Waals surface area contributed by atoms with Crippen LogP contribution in [0.5, 0.6) is 5.88 Å². The number of anilines is 1. The molecule has 3 atom stereocenters. The number of aryl methyl sites for hydroxylation is 1. The van der Waals surface area contributed by atoms with Gasteiger partial charge in [-0.15, -0.1) is 0 Å². The Bertz CT molecular complexity index is 987. The molecule has 3 N–H and O–H groups in total. The topological polar surface area (TPSA) is 84.5 Å². The highest BCUT2D eigenvalue weighted by molar-refractivity contribution is 6.14. The van der Waals surface area contributed by atoms with Gasteiger partial charge in [0, 0.05) is 61.4 Å². The summed E-state index contributed by atoms with van der Waals surface area (Å²) >= 11 is 0. The number of rotatable bonds is 5. The number of ether oxygens (including phenoxy) is 2. The van der Waals surface area contributed by atoms with Crippen LogP contribution >= 0.6 is 0 Å². The van der Waals surface area contributed by atoms with Crippen LogP contribution in [-0.4, -0.2) is 55.1 Å². The molecule has 3 heterocycles. The van der Waals surface area contributed by atoms with Gasteiger partial charge >= 0.3 is 0 Å². The number of nitrogens with zero attached hydrogens (tertiary/aromatic N) is 2. The molecule has 1 saturated carbocycles. The number of likely N-dealkylation sites (tertiary alicyclic amines) is 1. The predicted molar refractivity (Wildman–Crippen MR) is 127 cm³/mol. The van der Waals surface area contributed by atoms with Gasteiger partial charge in [-0.05, 0) is 79.7 Å². The number of fused-ring (bicyclic) bond motifs is 1. The number of nitrogens with two attached hydrogens (primary N) is 1. The van der Waals surface area contributed by atoms with Crippen molar-refractivity contribution in [2.45, 2.75) is 44.6 Å². The lowest BCUT2D eigenvalue weighted by molar-refractivity contribution is 0.0395. The molecule has 1 unspecified atom stereocenters. The number of nitrogens with one attached hydrogen (secondary N) is 1. The molecule has 3 fully saturated rings. The summed E-state index contributed by atoms with van der Waals surface area (Å²) in [4.78, 5) is 6.90. The molecule has 6 nitrogen and oxygen atoms in total. The zero-order valence-corrected chi connectivity index (χ0v) is 19.1. The van der Waals surface area contributed by atoms with Gasteiger partial charge in [0.25, 0.3) is 0 Å². The second kappa shape index (κ2) is 8.83. The molecule has 0 radical (unpaired) electrons. The number of aromatic nitrogens is 1. The average Bonchev–Trinajstić information content (AvgIpc) is 3.39. The van der Waals surface area contributed by atoms with Crippen LogP contribution in [0.2, 0.25) is 0 Å². The zero-order valence-electron chi connectivity index (χ0n) is 19.1. The van der Waals surface area contributed by atoms with Gasteiger partial charge in [0.1, 0.15) is 0 Å². The lowest BCUT2D eigenvalue weighted by Gasteiger charge is -2.32. The highest BCUT2D eigenvalue weighted by Crippen LogP contribution is 2.48. The Balaban J connectivity index is 1.33. The van der Waals surface area contributed by atoms with Crippen molar-refractivity contribution in [3.8, 4) is 5.88 Å². The van der Waals surface area contributed by atoms with Crippen molar-refractivity contribution in [3.05, 3.63) is 52.7 Å². The third kappa shape index (κ3) is 4.02. The Labute approximate surface area is 190 Å². The Morgan fingerprint density at radius 3 is 2.56 bits per heavy atom. The van der Waals surface area contributed by atoms with Gasteiger partial charge in [-0.3, -0.25) is 10.3 Å². The average molecular weight is 435 g/mol. The van der Waals surface area contributed by atoms with Crippen LogP contribution in [0, 0.1) is 24.2 Å². The van der Waals surface area contributed by atoms with Gasteiger partial charge < -0.3 is 15.2 Å². The summed E-state index contributed by atoms with van der Waals surface area (Å²) in [5.41, 5.74) is 11.7. The van der Waals surface area contributed by atoms with Crippen molar-refractivity contribution in [1.82, 2.24) is 9.88 Å². The fourth-order valence-electron chi connectivity index (χ4n) is 6.17. The number of methoxy groups -OCH3 is 1. The Morgan fingerprint density at radius 2 is 1.88 bits per heavy atom. The van der Waals surface area contributed by atoms with E-state index in [-0.39, 0.29) is 0 Å². The van der Waals surface area contributed by atoms with E-state index in [1.54, 1.807) is 19.4 Å². The van der Waals surface area contributed by atoms with Crippen molar-refractivity contribution < 1.29 is 9.47 Å². The maximum Gasteiger partial charge on any atom is 0.213 e. The minimum atomic E-state index is 0.424. The maximum atomic E-state index is 8.81. The number of benzene rings is 1. The monoisotopic (exact) mass is 434 g/mol. The highest BCUT2D eigenvalue weighted by Gasteiger charge is 2.43. The molecular formula is C26H34N4O2. The second-order valence-corrected chi connectivity index (χ2v) is 9.74. The molecule has 6 heteroatoms. The molecule has 1 aromatic heterocycles. The normalized spacial score (nSPS) is 26.2. The molecule has 1 aliphatic carbocycles. The number of pyridine rings is 1. The van der Waals surface area contributed by atoms with E-state index in [1.165, 1.54) is 49.9 Å². The van der Waals surface area contributed by atoms with Gasteiger partial charge in [-0.1, -0.05) is 0 Å². The quantitative estimate of drug-likeness (QED) is 0.549. The van der Waals surface area contributed by atoms with E-state index in [2.05, 4.69) is 28.9 Å². The SMILES string of the molecule is COc1cc(C(=N)c2cc(C3C[C@@H]4CN(C5CCOCC5)C[C@@H]4C3)c(C)cc2N)ccn1. The Hall–Kier alpha value is -2.44. The smallest absolute Gasteiger partial charge is 0.213 e. The summed E-state index contributed by atoms with van der Waals surface area (Å²) in [6.45, 7) is 6.47. The predicted octanol–water partition coefficient (Wildman–Crippen LogP) is 4.00. The van der Waals surface area contributed by atoms with Crippen LogP contribution in [0.25, 0.3) is 0 Å². The second-order valence-electron chi connectivity index (χ2n) is 9.74. The van der Waals surface area contributed by atoms with E-state index in [0.717, 1.165) is 42.2 Å². The molecule has 170 valence electrons. The third-order valence-corrected chi connectivity index (χ3v) is 7.87. The first kappa shape index (κ1) is 21.4. The zero-order chi connectivity index (χ0) is 22.2. The molecule has 0 spiro atoms. The third-order valence-electron chi connectivity index (χ3n) is 7.87. The van der Waals surface area contributed by atoms with Crippen LogP contribution in [0.4, 0.5) is 5.69 Å². The van der Waals surface area contributed by atoms with Crippen molar-refractivity contribution >= 4 is 11.4 Å². The summed E-state index contributed by atoms with van der Waals surface area (Å²) in [6.07, 6.45) is 6.53. The van der Waals surface area contributed by atoms with Crippen molar-refractivity contribution in [1.29, 1.82) is 5.41 Å². The summed E-state index contributed by atoms with van der Waals surface area (Å²) in [7, 11) is 1.59. The van der Waals surface area contributed by atoms with Gasteiger partial charge in [0.05, 0.1) is 12.8 Å². The number of hydrogen-bond acceptors (Lipinski definition) is 6. The van der Waals surface area contributed by atoms with Crippen molar-refractivity contribution in [2.75, 3.05) is 39.1 Å². The van der Waals surface area contributed by atoms with Crippen LogP contribution in [0.3, 0.4) is 0 Å². The van der Waals surface area contributed by atoms with E-state index >= 15 is 0 Å². The first-order valence-corrected chi connectivity index (χ1v) is 11.8. The largest absolute Gasteiger partial charge is 0.481 e. The summed E-state index contributed by atoms with van der Waals surface area (Å²) in [6, 6.07) is 8.60. The fraction of sp³-hybridized carbons (Fsp3) is 0.538. The molecule has 5 rings (SSSR count). The Morgan fingerprint density at radius 1 is 1.16 bits per heavy atom. The lowest BCUT2D eigenvalue weighted by Crippen LogP contribution is -2.38.